The van der Waals surface area contributed by atoms with Crippen LogP contribution in [0.1, 0.15) is 12.0 Å². The predicted octanol–water partition coefficient (Wildman–Crippen LogP) is 1.90. The number of hydrogen-bond acceptors (Lipinski definition) is 4. The van der Waals surface area contributed by atoms with Gasteiger partial charge in [-0.2, -0.15) is 0 Å². The second kappa shape index (κ2) is 4.06. The average Bonchev–Trinajstić information content (AvgIpc) is 2.60. The van der Waals surface area contributed by atoms with Gasteiger partial charge in [-0.05, 0) is 17.7 Å². The number of aliphatic carboxylic acids is 1. The minimum atomic E-state index is -0.859. The molecule has 0 radical (unpaired) electrons. The molecule has 0 unspecified atom stereocenters. The van der Waals surface area contributed by atoms with E-state index >= 15 is 0 Å². The number of rotatable bonds is 3. The topological polar surface area (TPSA) is 89.4 Å². The highest BCUT2D eigenvalue weighted by atomic mass is 16.5. The van der Waals surface area contributed by atoms with Crippen molar-refractivity contribution in [3.63, 3.8) is 0 Å². The number of anilines is 1. The molecule has 0 fully saturated rings. The summed E-state index contributed by atoms with van der Waals surface area (Å²) < 4.78 is 4.95. The van der Waals surface area contributed by atoms with Gasteiger partial charge in [0.15, 0.2) is 11.4 Å². The van der Waals surface area contributed by atoms with Crippen molar-refractivity contribution in [2.45, 2.75) is 6.42 Å². The number of fused-ring (bicyclic) bond motifs is 1. The van der Waals surface area contributed by atoms with Crippen LogP contribution in [0.4, 0.5) is 5.82 Å². The van der Waals surface area contributed by atoms with Gasteiger partial charge in [0.1, 0.15) is 0 Å². The van der Waals surface area contributed by atoms with Crippen molar-refractivity contribution in [3.05, 3.63) is 29.8 Å². The van der Waals surface area contributed by atoms with E-state index in [1.165, 1.54) is 0 Å². The highest BCUT2D eigenvalue weighted by molar-refractivity contribution is 5.88. The second-order valence-electron chi connectivity index (χ2n) is 3.32. The molecule has 0 bridgehead atoms. The van der Waals surface area contributed by atoms with Gasteiger partial charge in [-0.25, -0.2) is 0 Å². The molecule has 3 N–H and O–H groups in total. The monoisotopic (exact) mass is 218 g/mol. The van der Waals surface area contributed by atoms with Gasteiger partial charge in [0.05, 0.1) is 11.8 Å². The lowest BCUT2D eigenvalue weighted by Gasteiger charge is -1.93. The molecule has 0 spiro atoms. The van der Waals surface area contributed by atoms with E-state index in [9.17, 15) is 4.79 Å². The van der Waals surface area contributed by atoms with E-state index in [-0.39, 0.29) is 6.42 Å². The zero-order valence-electron chi connectivity index (χ0n) is 8.38. The van der Waals surface area contributed by atoms with Gasteiger partial charge in [0.2, 0.25) is 0 Å². The van der Waals surface area contributed by atoms with E-state index in [2.05, 4.69) is 5.16 Å². The Bertz CT molecular complexity index is 557. The van der Waals surface area contributed by atoms with E-state index in [4.69, 9.17) is 15.4 Å². The maximum atomic E-state index is 10.3. The largest absolute Gasteiger partial charge is 0.481 e. The number of nitrogens with zero attached hydrogens (tertiary/aromatic N) is 1. The van der Waals surface area contributed by atoms with Crippen LogP contribution in [-0.4, -0.2) is 16.2 Å². The van der Waals surface area contributed by atoms with Crippen LogP contribution in [-0.2, 0) is 4.79 Å². The van der Waals surface area contributed by atoms with E-state index < -0.39 is 5.97 Å². The minimum Gasteiger partial charge on any atom is -0.481 e. The quantitative estimate of drug-likeness (QED) is 0.821. The smallest absolute Gasteiger partial charge is 0.307 e. The highest BCUT2D eigenvalue weighted by Crippen LogP contribution is 2.21. The zero-order chi connectivity index (χ0) is 11.5. The van der Waals surface area contributed by atoms with Crippen molar-refractivity contribution in [2.75, 3.05) is 5.73 Å². The molecule has 2 aromatic rings. The van der Waals surface area contributed by atoms with Crippen LogP contribution < -0.4 is 5.73 Å². The summed E-state index contributed by atoms with van der Waals surface area (Å²) in [6.45, 7) is 0. The van der Waals surface area contributed by atoms with Crippen molar-refractivity contribution >= 4 is 28.8 Å². The Morgan fingerprint density at radius 2 is 2.38 bits per heavy atom. The molecule has 2 rings (SSSR count). The van der Waals surface area contributed by atoms with Gasteiger partial charge in [-0.1, -0.05) is 23.4 Å². The average molecular weight is 218 g/mol. The summed E-state index contributed by atoms with van der Waals surface area (Å²) in [7, 11) is 0. The zero-order valence-corrected chi connectivity index (χ0v) is 8.38. The Morgan fingerprint density at radius 3 is 3.12 bits per heavy atom. The Labute approximate surface area is 91.1 Å². The Kier molecular flexibility index (Phi) is 2.59. The fourth-order valence-corrected chi connectivity index (χ4v) is 1.37. The van der Waals surface area contributed by atoms with Gasteiger partial charge < -0.3 is 15.4 Å². The van der Waals surface area contributed by atoms with Gasteiger partial charge in [-0.3, -0.25) is 4.79 Å². The molecule has 82 valence electrons. The molecule has 16 heavy (non-hydrogen) atoms. The molecule has 1 aromatic carbocycles. The lowest BCUT2D eigenvalue weighted by molar-refractivity contribution is -0.135. The number of nitrogen functional groups attached to an aromatic ring is 1. The summed E-state index contributed by atoms with van der Waals surface area (Å²) in [5.74, 6) is -0.523. The third kappa shape index (κ3) is 2.03. The minimum absolute atomic E-state index is 0.00282. The molecule has 0 saturated heterocycles. The van der Waals surface area contributed by atoms with Crippen molar-refractivity contribution in [1.82, 2.24) is 5.16 Å². The number of aromatic nitrogens is 1. The van der Waals surface area contributed by atoms with E-state index in [0.717, 1.165) is 10.9 Å². The first-order valence-electron chi connectivity index (χ1n) is 4.70. The van der Waals surface area contributed by atoms with Crippen LogP contribution in [0, 0.1) is 0 Å². The van der Waals surface area contributed by atoms with Crippen LogP contribution in [0.3, 0.4) is 0 Å². The first-order valence-corrected chi connectivity index (χ1v) is 4.70. The third-order valence-electron chi connectivity index (χ3n) is 2.12. The van der Waals surface area contributed by atoms with Gasteiger partial charge in [0.25, 0.3) is 0 Å². The molecule has 0 amide bonds. The number of carbonyl (C=O) groups is 1. The van der Waals surface area contributed by atoms with Crippen molar-refractivity contribution in [2.24, 2.45) is 0 Å². The van der Waals surface area contributed by atoms with Crippen molar-refractivity contribution in [3.8, 4) is 0 Å². The first-order chi connectivity index (χ1) is 7.66. The molecule has 1 aromatic heterocycles. The van der Waals surface area contributed by atoms with Crippen LogP contribution >= 0.6 is 0 Å². The number of carboxylic acids is 1. The molecular formula is C11H10N2O3. The Hall–Kier alpha value is -2.30. The second-order valence-corrected chi connectivity index (χ2v) is 3.32. The fraction of sp³-hybridized carbons (Fsp3) is 0.0909. The van der Waals surface area contributed by atoms with Crippen LogP contribution in [0.25, 0.3) is 17.0 Å². The highest BCUT2D eigenvalue weighted by Gasteiger charge is 2.03. The van der Waals surface area contributed by atoms with Gasteiger partial charge in [-0.15, -0.1) is 0 Å². The van der Waals surface area contributed by atoms with E-state index in [0.29, 0.717) is 11.4 Å². The third-order valence-corrected chi connectivity index (χ3v) is 2.12. The summed E-state index contributed by atoms with van der Waals surface area (Å²) >= 11 is 0. The number of carboxylic acid groups (broad SMARTS) is 1. The summed E-state index contributed by atoms with van der Waals surface area (Å²) in [4.78, 5) is 10.3. The van der Waals surface area contributed by atoms with Gasteiger partial charge >= 0.3 is 5.97 Å². The molecule has 0 aliphatic heterocycles. The molecule has 1 heterocycles. The van der Waals surface area contributed by atoms with Gasteiger partial charge in [0, 0.05) is 0 Å². The predicted molar refractivity (Wildman–Crippen MR) is 59.7 cm³/mol. The van der Waals surface area contributed by atoms with Crippen LogP contribution in [0.15, 0.2) is 28.8 Å². The molecule has 5 heteroatoms. The maximum Gasteiger partial charge on any atom is 0.307 e. The Balaban J connectivity index is 2.28. The van der Waals surface area contributed by atoms with Crippen LogP contribution in [0.2, 0.25) is 0 Å². The van der Waals surface area contributed by atoms with Crippen molar-refractivity contribution in [1.29, 1.82) is 0 Å². The molecule has 0 atom stereocenters. The van der Waals surface area contributed by atoms with Crippen molar-refractivity contribution < 1.29 is 14.4 Å². The molecule has 0 saturated carbocycles. The number of benzene rings is 1. The summed E-state index contributed by atoms with van der Waals surface area (Å²) in [6.07, 6.45) is 3.30. The van der Waals surface area contributed by atoms with E-state index in [1.54, 1.807) is 24.3 Å². The molecular weight excluding hydrogens is 208 g/mol. The molecule has 5 nitrogen and oxygen atoms in total. The number of hydrogen-bond donors (Lipinski definition) is 2. The summed E-state index contributed by atoms with van der Waals surface area (Å²) in [6, 6.07) is 5.37. The fourth-order valence-electron chi connectivity index (χ4n) is 1.37. The number of nitrogens with two attached hydrogens (primary N) is 1. The normalized spacial score (nSPS) is 11.2. The lowest BCUT2D eigenvalue weighted by Crippen LogP contribution is -1.89. The summed E-state index contributed by atoms with van der Waals surface area (Å²) in [5.41, 5.74) is 7.08. The van der Waals surface area contributed by atoms with E-state index in [1.807, 2.05) is 6.07 Å². The molecule has 0 aliphatic rings. The standard InChI is InChI=1S/C11H10N2O3/c12-11-8-6-7(2-1-3-10(14)15)4-5-9(8)16-13-11/h1-2,4-6H,3H2,(H2,12,13)(H,14,15). The maximum absolute atomic E-state index is 10.3. The molecule has 0 aliphatic carbocycles. The van der Waals surface area contributed by atoms with Crippen LogP contribution in [0.5, 0.6) is 0 Å². The Morgan fingerprint density at radius 1 is 1.56 bits per heavy atom. The SMILES string of the molecule is Nc1noc2ccc(C=CCC(=O)O)cc12. The summed E-state index contributed by atoms with van der Waals surface area (Å²) in [5, 5.41) is 12.8. The lowest BCUT2D eigenvalue weighted by atomic mass is 10.1. The first kappa shape index (κ1) is 10.2.